The lowest BCUT2D eigenvalue weighted by molar-refractivity contribution is -0.150. The van der Waals surface area contributed by atoms with Crippen LogP contribution in [0.15, 0.2) is 36.4 Å². The number of aryl methyl sites for hydroxylation is 1. The number of phenolic OH excluding ortho intramolecular Hbond substituents is 1. The monoisotopic (exact) mass is 445 g/mol. The Bertz CT molecular complexity index is 814. The van der Waals surface area contributed by atoms with Crippen molar-refractivity contribution in [1.29, 1.82) is 0 Å². The van der Waals surface area contributed by atoms with Gasteiger partial charge in [0.15, 0.2) is 0 Å². The number of aliphatic carboxylic acids is 1. The second-order valence-corrected chi connectivity index (χ2v) is 7.80. The fourth-order valence-electron chi connectivity index (χ4n) is 2.47. The number of carboxylic acid groups (broad SMARTS) is 1. The summed E-state index contributed by atoms with van der Waals surface area (Å²) in [7, 11) is -4.64. The SMILES string of the molecule is N[C@@H](COP(=O)(O)OC1C=CCOC1COC(=O)CCc1ccccc1O)C(=O)O. The Morgan fingerprint density at radius 3 is 2.77 bits per heavy atom. The Kier molecular flexibility index (Phi) is 8.97. The van der Waals surface area contributed by atoms with Gasteiger partial charge in [0, 0.05) is 6.42 Å². The summed E-state index contributed by atoms with van der Waals surface area (Å²) in [6.45, 7) is -0.796. The predicted octanol–water partition coefficient (Wildman–Crippen LogP) is 0.737. The van der Waals surface area contributed by atoms with Gasteiger partial charge in [-0.25, -0.2) is 4.57 Å². The van der Waals surface area contributed by atoms with Gasteiger partial charge in [0.2, 0.25) is 0 Å². The number of carbonyl (C=O) groups is 2. The topological polar surface area (TPSA) is 175 Å². The van der Waals surface area contributed by atoms with Crippen LogP contribution in [0, 0.1) is 0 Å². The number of carboxylic acids is 1. The van der Waals surface area contributed by atoms with E-state index in [1.165, 1.54) is 12.1 Å². The highest BCUT2D eigenvalue weighted by Crippen LogP contribution is 2.45. The largest absolute Gasteiger partial charge is 0.508 e. The number of esters is 1. The Morgan fingerprint density at radius 2 is 2.07 bits per heavy atom. The summed E-state index contributed by atoms with van der Waals surface area (Å²) in [6, 6.07) is 5.13. The van der Waals surface area contributed by atoms with E-state index in [9.17, 15) is 24.2 Å². The van der Waals surface area contributed by atoms with E-state index in [2.05, 4.69) is 4.52 Å². The second-order valence-electron chi connectivity index (χ2n) is 6.39. The molecule has 5 N–H and O–H groups in total. The molecule has 0 spiro atoms. The van der Waals surface area contributed by atoms with Crippen molar-refractivity contribution in [3.8, 4) is 5.75 Å². The number of rotatable bonds is 11. The average Bonchev–Trinajstić information content (AvgIpc) is 2.70. The molecule has 30 heavy (non-hydrogen) atoms. The van der Waals surface area contributed by atoms with Gasteiger partial charge in [-0.15, -0.1) is 0 Å². The van der Waals surface area contributed by atoms with Crippen molar-refractivity contribution in [2.75, 3.05) is 19.8 Å². The molecule has 0 radical (unpaired) electrons. The summed E-state index contributed by atoms with van der Waals surface area (Å²) in [5.74, 6) is -1.86. The number of carbonyl (C=O) groups excluding carboxylic acids is 1. The van der Waals surface area contributed by atoms with Crippen LogP contribution in [-0.2, 0) is 39.1 Å². The summed E-state index contributed by atoms with van der Waals surface area (Å²) in [5, 5.41) is 18.4. The molecule has 1 heterocycles. The third-order valence-electron chi connectivity index (χ3n) is 4.09. The number of hydrogen-bond acceptors (Lipinski definition) is 9. The van der Waals surface area contributed by atoms with Crippen LogP contribution in [-0.4, -0.2) is 65.1 Å². The number of ether oxygens (including phenoxy) is 2. The molecule has 11 nitrogen and oxygen atoms in total. The van der Waals surface area contributed by atoms with Crippen LogP contribution in [0.2, 0.25) is 0 Å². The van der Waals surface area contributed by atoms with Crippen LogP contribution >= 0.6 is 7.82 Å². The molecule has 1 aliphatic rings. The Balaban J connectivity index is 1.83. The normalized spacial score (nSPS) is 21.5. The molecule has 0 aromatic heterocycles. The Morgan fingerprint density at radius 1 is 1.33 bits per heavy atom. The van der Waals surface area contributed by atoms with E-state index in [4.69, 9.17) is 24.8 Å². The van der Waals surface area contributed by atoms with Gasteiger partial charge in [-0.3, -0.25) is 18.6 Å². The first-order valence-electron chi connectivity index (χ1n) is 9.03. The van der Waals surface area contributed by atoms with E-state index in [0.29, 0.717) is 5.56 Å². The maximum atomic E-state index is 12.0. The number of aromatic hydroxyl groups is 1. The average molecular weight is 445 g/mol. The van der Waals surface area contributed by atoms with Crippen molar-refractivity contribution in [2.45, 2.75) is 31.1 Å². The molecular formula is C18H24NO10P. The van der Waals surface area contributed by atoms with Crippen molar-refractivity contribution in [2.24, 2.45) is 5.73 Å². The molecule has 0 fully saturated rings. The molecule has 0 aliphatic carbocycles. The predicted molar refractivity (Wildman–Crippen MR) is 103 cm³/mol. The molecular weight excluding hydrogens is 421 g/mol. The summed E-state index contributed by atoms with van der Waals surface area (Å²) >= 11 is 0. The van der Waals surface area contributed by atoms with Crippen molar-refractivity contribution >= 4 is 19.8 Å². The van der Waals surface area contributed by atoms with E-state index in [-0.39, 0.29) is 31.8 Å². The van der Waals surface area contributed by atoms with Crippen molar-refractivity contribution in [3.63, 3.8) is 0 Å². The van der Waals surface area contributed by atoms with Crippen molar-refractivity contribution in [3.05, 3.63) is 42.0 Å². The summed E-state index contributed by atoms with van der Waals surface area (Å²) in [6.07, 6.45) is 1.35. The zero-order valence-electron chi connectivity index (χ0n) is 16.0. The van der Waals surface area contributed by atoms with E-state index in [1.54, 1.807) is 24.3 Å². The summed E-state index contributed by atoms with van der Waals surface area (Å²) < 4.78 is 32.2. The second kappa shape index (κ2) is 11.2. The number of phosphoric ester groups is 1. The van der Waals surface area contributed by atoms with Crippen LogP contribution < -0.4 is 5.73 Å². The minimum Gasteiger partial charge on any atom is -0.508 e. The third-order valence-corrected chi connectivity index (χ3v) is 5.07. The minimum atomic E-state index is -4.64. The third kappa shape index (κ3) is 7.86. The van der Waals surface area contributed by atoms with E-state index in [0.717, 1.165) is 0 Å². The molecule has 0 bridgehead atoms. The van der Waals surface area contributed by atoms with Crippen LogP contribution in [0.4, 0.5) is 0 Å². The fraction of sp³-hybridized carbons (Fsp3) is 0.444. The number of phosphoric acid groups is 1. The minimum absolute atomic E-state index is 0.0142. The molecule has 3 unspecified atom stereocenters. The van der Waals surface area contributed by atoms with Gasteiger partial charge < -0.3 is 30.3 Å². The fourth-order valence-corrected chi connectivity index (χ4v) is 3.39. The molecule has 4 atom stereocenters. The maximum absolute atomic E-state index is 12.0. The summed E-state index contributed by atoms with van der Waals surface area (Å²) in [4.78, 5) is 32.4. The lowest BCUT2D eigenvalue weighted by Crippen LogP contribution is -2.38. The van der Waals surface area contributed by atoms with E-state index in [1.807, 2.05) is 0 Å². The molecule has 0 amide bonds. The molecule has 2 rings (SSSR count). The zero-order chi connectivity index (χ0) is 22.1. The first-order valence-corrected chi connectivity index (χ1v) is 10.5. The summed E-state index contributed by atoms with van der Waals surface area (Å²) in [5.41, 5.74) is 5.82. The number of para-hydroxylation sites is 1. The maximum Gasteiger partial charge on any atom is 0.472 e. The first-order chi connectivity index (χ1) is 14.2. The lowest BCUT2D eigenvalue weighted by atomic mass is 10.1. The van der Waals surface area contributed by atoms with Crippen LogP contribution in [0.5, 0.6) is 5.75 Å². The highest BCUT2D eigenvalue weighted by Gasteiger charge is 2.34. The van der Waals surface area contributed by atoms with Gasteiger partial charge in [-0.1, -0.05) is 30.4 Å². The number of phenols is 1. The first kappa shape index (κ1) is 24.0. The highest BCUT2D eigenvalue weighted by molar-refractivity contribution is 7.47. The molecule has 1 aromatic carbocycles. The molecule has 0 saturated heterocycles. The van der Waals surface area contributed by atoms with Crippen molar-refractivity contribution in [1.82, 2.24) is 0 Å². The Hall–Kier alpha value is -2.27. The number of nitrogens with two attached hydrogens (primary N) is 1. The van der Waals surface area contributed by atoms with Gasteiger partial charge in [0.1, 0.15) is 30.6 Å². The van der Waals surface area contributed by atoms with E-state index >= 15 is 0 Å². The van der Waals surface area contributed by atoms with Crippen molar-refractivity contribution < 1.29 is 47.8 Å². The smallest absolute Gasteiger partial charge is 0.472 e. The van der Waals surface area contributed by atoms with Gasteiger partial charge in [-0.2, -0.15) is 0 Å². The molecule has 1 aromatic rings. The zero-order valence-corrected chi connectivity index (χ0v) is 16.9. The van der Waals surface area contributed by atoms with Crippen LogP contribution in [0.1, 0.15) is 12.0 Å². The van der Waals surface area contributed by atoms with Gasteiger partial charge in [-0.05, 0) is 18.1 Å². The van der Waals surface area contributed by atoms with Gasteiger partial charge in [0.25, 0.3) is 0 Å². The highest BCUT2D eigenvalue weighted by atomic mass is 31.2. The molecule has 12 heteroatoms. The number of benzene rings is 1. The lowest BCUT2D eigenvalue weighted by Gasteiger charge is -2.28. The van der Waals surface area contributed by atoms with Crippen LogP contribution in [0.25, 0.3) is 0 Å². The molecule has 0 saturated carbocycles. The van der Waals surface area contributed by atoms with Gasteiger partial charge in [0.05, 0.1) is 13.2 Å². The number of hydrogen-bond donors (Lipinski definition) is 4. The van der Waals surface area contributed by atoms with E-state index < -0.39 is 44.6 Å². The standard InChI is InChI=1S/C18H24NO10P/c19-13(18(22)23)10-28-30(24,25)29-15-6-3-9-26-16(15)11-27-17(21)8-7-12-4-1-2-5-14(12)20/h1-6,13,15-16,20H,7-11,19H2,(H,22,23)(H,24,25)/t13-,15?,16?/m0/s1. The molecule has 1 aliphatic heterocycles. The van der Waals surface area contributed by atoms with Crippen LogP contribution in [0.3, 0.4) is 0 Å². The van der Waals surface area contributed by atoms with Gasteiger partial charge >= 0.3 is 19.8 Å². The quantitative estimate of drug-likeness (QED) is 0.215. The Labute approximate surface area is 172 Å². The molecule has 166 valence electrons.